The number of esters is 1. The van der Waals surface area contributed by atoms with Gasteiger partial charge < -0.3 is 14.8 Å². The highest BCUT2D eigenvalue weighted by Crippen LogP contribution is 2.31. The van der Waals surface area contributed by atoms with Gasteiger partial charge in [0.2, 0.25) is 0 Å². The maximum absolute atomic E-state index is 11.9. The van der Waals surface area contributed by atoms with Gasteiger partial charge in [-0.05, 0) is 13.0 Å². The van der Waals surface area contributed by atoms with Crippen molar-refractivity contribution in [2.24, 2.45) is 0 Å². The maximum Gasteiger partial charge on any atom is 0.343 e. The molecule has 0 amide bonds. The number of non-ortho nitro benzene ring substituents is 1. The number of carbonyl (C=O) groups is 1. The molecule has 0 radical (unpaired) electrons. The van der Waals surface area contributed by atoms with E-state index in [1.807, 2.05) is 0 Å². The number of nitrogens with one attached hydrogen (secondary N) is 1. The Morgan fingerprint density at radius 3 is 2.87 bits per heavy atom. The highest BCUT2D eigenvalue weighted by molar-refractivity contribution is 5.95. The summed E-state index contributed by atoms with van der Waals surface area (Å²) in [6, 6.07) is 4.05. The fourth-order valence-corrected chi connectivity index (χ4v) is 1.81. The summed E-state index contributed by atoms with van der Waals surface area (Å²) in [5, 5.41) is 13.7. The maximum atomic E-state index is 11.9. The number of anilines is 2. The van der Waals surface area contributed by atoms with Crippen molar-refractivity contribution >= 4 is 23.2 Å². The summed E-state index contributed by atoms with van der Waals surface area (Å²) in [6.45, 7) is 1.90. The Balaban J connectivity index is 2.36. The molecule has 9 nitrogen and oxygen atoms in total. The molecule has 0 aliphatic rings. The molecular weight excluding hydrogens is 304 g/mol. The number of hydrogen-bond donors (Lipinski definition) is 1. The second-order valence-corrected chi connectivity index (χ2v) is 4.27. The van der Waals surface area contributed by atoms with E-state index in [1.165, 1.54) is 37.8 Å². The van der Waals surface area contributed by atoms with Crippen molar-refractivity contribution in [1.29, 1.82) is 0 Å². The topological polar surface area (TPSA) is 116 Å². The molecule has 0 aliphatic heterocycles. The molecule has 0 saturated carbocycles. The van der Waals surface area contributed by atoms with Crippen LogP contribution in [-0.2, 0) is 4.74 Å². The molecule has 0 atom stereocenters. The summed E-state index contributed by atoms with van der Waals surface area (Å²) in [4.78, 5) is 30.0. The number of ether oxygens (including phenoxy) is 2. The van der Waals surface area contributed by atoms with Crippen LogP contribution >= 0.6 is 0 Å². The second kappa shape index (κ2) is 7.16. The average molecular weight is 318 g/mol. The number of benzene rings is 1. The van der Waals surface area contributed by atoms with E-state index in [9.17, 15) is 14.9 Å². The largest absolute Gasteiger partial charge is 0.494 e. The van der Waals surface area contributed by atoms with Gasteiger partial charge in [-0.1, -0.05) is 0 Å². The third-order valence-electron chi connectivity index (χ3n) is 2.86. The molecule has 2 rings (SSSR count). The average Bonchev–Trinajstić information content (AvgIpc) is 2.55. The molecule has 0 bridgehead atoms. The highest BCUT2D eigenvalue weighted by atomic mass is 16.6. The number of carbonyl (C=O) groups excluding carboxylic acids is 1. The van der Waals surface area contributed by atoms with Crippen LogP contribution in [0.25, 0.3) is 0 Å². The molecule has 0 aliphatic carbocycles. The van der Waals surface area contributed by atoms with Gasteiger partial charge in [-0.3, -0.25) is 10.1 Å². The lowest BCUT2D eigenvalue weighted by atomic mass is 10.2. The van der Waals surface area contributed by atoms with Crippen molar-refractivity contribution in [3.63, 3.8) is 0 Å². The van der Waals surface area contributed by atoms with Gasteiger partial charge >= 0.3 is 5.97 Å². The first-order valence-corrected chi connectivity index (χ1v) is 6.63. The van der Waals surface area contributed by atoms with Crippen LogP contribution in [0.2, 0.25) is 0 Å². The molecule has 1 aromatic carbocycles. The second-order valence-electron chi connectivity index (χ2n) is 4.27. The van der Waals surface area contributed by atoms with Gasteiger partial charge in [-0.15, -0.1) is 0 Å². The van der Waals surface area contributed by atoms with Crippen LogP contribution in [0.3, 0.4) is 0 Å². The quantitative estimate of drug-likeness (QED) is 0.490. The Labute approximate surface area is 131 Å². The first-order chi connectivity index (χ1) is 11.1. The van der Waals surface area contributed by atoms with Gasteiger partial charge in [-0.2, -0.15) is 0 Å². The Hall–Kier alpha value is -3.23. The number of nitrogens with zero attached hydrogens (tertiary/aromatic N) is 3. The first-order valence-electron chi connectivity index (χ1n) is 6.63. The minimum Gasteiger partial charge on any atom is -0.494 e. The van der Waals surface area contributed by atoms with E-state index in [2.05, 4.69) is 15.3 Å². The van der Waals surface area contributed by atoms with E-state index < -0.39 is 10.9 Å². The fraction of sp³-hybridized carbons (Fsp3) is 0.214. The van der Waals surface area contributed by atoms with Crippen molar-refractivity contribution in [2.75, 3.05) is 19.0 Å². The highest BCUT2D eigenvalue weighted by Gasteiger charge is 2.17. The zero-order chi connectivity index (χ0) is 16.8. The van der Waals surface area contributed by atoms with E-state index in [0.29, 0.717) is 5.69 Å². The zero-order valence-corrected chi connectivity index (χ0v) is 12.5. The molecule has 0 unspecified atom stereocenters. The number of hydrogen-bond acceptors (Lipinski definition) is 8. The number of methoxy groups -OCH3 is 1. The SMILES string of the molecule is CCOC(=O)c1cncnc1Nc1ccc([N+](=O)[O-])cc1OC. The monoisotopic (exact) mass is 318 g/mol. The standard InChI is InChI=1S/C14H14N4O5/c1-3-23-14(19)10-7-15-8-16-13(10)17-11-5-4-9(18(20)21)6-12(11)22-2/h4-8H,3H2,1-2H3,(H,15,16,17). The van der Waals surface area contributed by atoms with Crippen LogP contribution in [0.15, 0.2) is 30.7 Å². The van der Waals surface area contributed by atoms with Crippen LogP contribution in [-0.4, -0.2) is 34.6 Å². The van der Waals surface area contributed by atoms with Gasteiger partial charge in [-0.25, -0.2) is 14.8 Å². The van der Waals surface area contributed by atoms with Crippen LogP contribution < -0.4 is 10.1 Å². The fourth-order valence-electron chi connectivity index (χ4n) is 1.81. The molecule has 9 heteroatoms. The minimum atomic E-state index is -0.573. The number of nitro groups is 1. The molecule has 0 saturated heterocycles. The number of rotatable bonds is 6. The minimum absolute atomic E-state index is 0.110. The molecular formula is C14H14N4O5. The molecule has 2 aromatic rings. The lowest BCUT2D eigenvalue weighted by molar-refractivity contribution is -0.384. The number of aromatic nitrogens is 2. The van der Waals surface area contributed by atoms with E-state index in [-0.39, 0.29) is 29.4 Å². The summed E-state index contributed by atoms with van der Waals surface area (Å²) in [7, 11) is 1.39. The van der Waals surface area contributed by atoms with E-state index in [4.69, 9.17) is 9.47 Å². The lowest BCUT2D eigenvalue weighted by Crippen LogP contribution is -2.10. The Bertz CT molecular complexity index is 735. The normalized spacial score (nSPS) is 10.0. The summed E-state index contributed by atoms with van der Waals surface area (Å²) in [6.07, 6.45) is 2.59. The zero-order valence-electron chi connectivity index (χ0n) is 12.5. The first kappa shape index (κ1) is 16.1. The Kier molecular flexibility index (Phi) is 5.03. The van der Waals surface area contributed by atoms with Crippen molar-refractivity contribution < 1.29 is 19.2 Å². The van der Waals surface area contributed by atoms with Crippen molar-refractivity contribution in [3.05, 3.63) is 46.4 Å². The molecule has 0 fully saturated rings. The van der Waals surface area contributed by atoms with Crippen LogP contribution in [0.1, 0.15) is 17.3 Å². The van der Waals surface area contributed by atoms with Gasteiger partial charge in [0.25, 0.3) is 5.69 Å². The van der Waals surface area contributed by atoms with Gasteiger partial charge in [0.15, 0.2) is 0 Å². The number of nitro benzene ring substituents is 1. The molecule has 120 valence electrons. The van der Waals surface area contributed by atoms with Gasteiger partial charge in [0, 0.05) is 12.3 Å². The summed E-state index contributed by atoms with van der Waals surface area (Å²) >= 11 is 0. The van der Waals surface area contributed by atoms with Crippen molar-refractivity contribution in [3.8, 4) is 5.75 Å². The van der Waals surface area contributed by atoms with E-state index in [1.54, 1.807) is 6.92 Å². The smallest absolute Gasteiger partial charge is 0.343 e. The van der Waals surface area contributed by atoms with Crippen LogP contribution in [0.4, 0.5) is 17.2 Å². The lowest BCUT2D eigenvalue weighted by Gasteiger charge is -2.12. The summed E-state index contributed by atoms with van der Waals surface area (Å²) in [5.41, 5.74) is 0.456. The Morgan fingerprint density at radius 2 is 2.22 bits per heavy atom. The molecule has 1 heterocycles. The summed E-state index contributed by atoms with van der Waals surface area (Å²) in [5.74, 6) is -0.116. The Morgan fingerprint density at radius 1 is 1.43 bits per heavy atom. The predicted molar refractivity (Wildman–Crippen MR) is 80.9 cm³/mol. The van der Waals surface area contributed by atoms with Crippen LogP contribution in [0.5, 0.6) is 5.75 Å². The van der Waals surface area contributed by atoms with E-state index >= 15 is 0 Å². The predicted octanol–water partition coefficient (Wildman–Crippen LogP) is 2.31. The molecule has 1 N–H and O–H groups in total. The third kappa shape index (κ3) is 3.70. The van der Waals surface area contributed by atoms with Gasteiger partial charge in [0.1, 0.15) is 23.5 Å². The van der Waals surface area contributed by atoms with Crippen molar-refractivity contribution in [2.45, 2.75) is 6.92 Å². The third-order valence-corrected chi connectivity index (χ3v) is 2.86. The summed E-state index contributed by atoms with van der Waals surface area (Å²) < 4.78 is 10.1. The van der Waals surface area contributed by atoms with Gasteiger partial charge in [0.05, 0.1) is 30.4 Å². The van der Waals surface area contributed by atoms with Crippen LogP contribution in [0, 0.1) is 10.1 Å². The molecule has 23 heavy (non-hydrogen) atoms. The molecule has 1 aromatic heterocycles. The van der Waals surface area contributed by atoms with E-state index in [0.717, 1.165) is 0 Å². The van der Waals surface area contributed by atoms with Crippen molar-refractivity contribution in [1.82, 2.24) is 9.97 Å². The molecule has 0 spiro atoms.